The van der Waals surface area contributed by atoms with Gasteiger partial charge >= 0.3 is 0 Å². The fraction of sp³-hybridized carbons (Fsp3) is 0.630. The van der Waals surface area contributed by atoms with Crippen LogP contribution in [0.3, 0.4) is 0 Å². The van der Waals surface area contributed by atoms with Gasteiger partial charge in [0.25, 0.3) is 5.91 Å². The first-order valence-electron chi connectivity index (χ1n) is 13.1. The second kappa shape index (κ2) is 13.2. The molecule has 3 aliphatic rings. The van der Waals surface area contributed by atoms with Crippen molar-refractivity contribution in [2.75, 3.05) is 26.3 Å². The van der Waals surface area contributed by atoms with Gasteiger partial charge in [-0.05, 0) is 72.4 Å². The molecule has 2 aliphatic carbocycles. The lowest BCUT2D eigenvalue weighted by atomic mass is 9.85. The van der Waals surface area contributed by atoms with Crippen LogP contribution in [0.25, 0.3) is 0 Å². The molecule has 2 amide bonds. The standard InChI is InChI=1S/C27H37IN2O6/c28-20-9-4-5-10-22(20)36-24-16-19(26(33)29-12-13-31)15-21(25(24)32)30(17-18-7-2-1-3-8-18)27(34)23-11-6-14-35-23/h4-5,9-10,16,18,21,23-25,31-32H,1-3,6-8,11-15,17H2,(H,29,33)/t21-,23?,24+,25+/m1/s1. The molecule has 2 fully saturated rings. The Morgan fingerprint density at radius 2 is 1.92 bits per heavy atom. The number of para-hydroxylation sites is 1. The van der Waals surface area contributed by atoms with Crippen LogP contribution in [0.4, 0.5) is 0 Å². The molecule has 0 aromatic heterocycles. The van der Waals surface area contributed by atoms with Crippen LogP contribution in [0.2, 0.25) is 0 Å². The number of carbonyl (C=O) groups is 2. The molecule has 1 aromatic carbocycles. The Hall–Kier alpha value is -1.69. The topological polar surface area (TPSA) is 108 Å². The quantitative estimate of drug-likeness (QED) is 0.371. The third-order valence-electron chi connectivity index (χ3n) is 7.38. The molecular weight excluding hydrogens is 575 g/mol. The van der Waals surface area contributed by atoms with Crippen molar-refractivity contribution in [1.29, 1.82) is 0 Å². The molecule has 36 heavy (non-hydrogen) atoms. The van der Waals surface area contributed by atoms with Gasteiger partial charge in [-0.3, -0.25) is 9.59 Å². The molecule has 8 nitrogen and oxygen atoms in total. The summed E-state index contributed by atoms with van der Waals surface area (Å²) in [6.07, 6.45) is 6.68. The highest BCUT2D eigenvalue weighted by atomic mass is 127. The maximum atomic E-state index is 13.7. The molecule has 4 rings (SSSR count). The van der Waals surface area contributed by atoms with Crippen molar-refractivity contribution in [3.05, 3.63) is 39.5 Å². The molecule has 1 saturated carbocycles. The normalized spacial score (nSPS) is 26.8. The van der Waals surface area contributed by atoms with Crippen LogP contribution in [0, 0.1) is 9.49 Å². The van der Waals surface area contributed by atoms with E-state index >= 15 is 0 Å². The third kappa shape index (κ3) is 6.79. The number of nitrogens with zero attached hydrogens (tertiary/aromatic N) is 1. The Kier molecular flexibility index (Phi) is 10.0. The number of carbonyl (C=O) groups excluding carboxylic acids is 2. The van der Waals surface area contributed by atoms with E-state index < -0.39 is 24.4 Å². The molecule has 3 N–H and O–H groups in total. The van der Waals surface area contributed by atoms with Gasteiger partial charge in [0.05, 0.1) is 16.2 Å². The van der Waals surface area contributed by atoms with Gasteiger partial charge in [0.1, 0.15) is 24.1 Å². The van der Waals surface area contributed by atoms with Crippen molar-refractivity contribution in [3.63, 3.8) is 0 Å². The molecule has 1 unspecified atom stereocenters. The van der Waals surface area contributed by atoms with Crippen LogP contribution in [0.15, 0.2) is 35.9 Å². The van der Waals surface area contributed by atoms with Crippen LogP contribution in [0.5, 0.6) is 5.75 Å². The SMILES string of the molecule is O=C(NCCO)C1=C[C@H](Oc2ccccc2I)[C@@H](O)[C@H](N(CC2CCCCC2)C(=O)C2CCCO2)C1. The van der Waals surface area contributed by atoms with E-state index in [0.717, 1.165) is 35.7 Å². The van der Waals surface area contributed by atoms with E-state index in [2.05, 4.69) is 27.9 Å². The predicted octanol–water partition coefficient (Wildman–Crippen LogP) is 2.79. The molecule has 0 bridgehead atoms. The highest BCUT2D eigenvalue weighted by Gasteiger charge is 2.43. The maximum absolute atomic E-state index is 13.7. The number of rotatable bonds is 9. The summed E-state index contributed by atoms with van der Waals surface area (Å²) in [6.45, 7) is 1.07. The van der Waals surface area contributed by atoms with Gasteiger partial charge in [0.15, 0.2) is 0 Å². The summed E-state index contributed by atoms with van der Waals surface area (Å²) >= 11 is 2.18. The summed E-state index contributed by atoms with van der Waals surface area (Å²) in [7, 11) is 0. The zero-order valence-electron chi connectivity index (χ0n) is 20.6. The Morgan fingerprint density at radius 1 is 1.14 bits per heavy atom. The van der Waals surface area contributed by atoms with E-state index in [1.165, 1.54) is 6.42 Å². The molecule has 198 valence electrons. The van der Waals surface area contributed by atoms with Gasteiger partial charge in [-0.15, -0.1) is 0 Å². The van der Waals surface area contributed by atoms with Gasteiger partial charge in [-0.25, -0.2) is 0 Å². The van der Waals surface area contributed by atoms with E-state index in [4.69, 9.17) is 9.47 Å². The zero-order valence-corrected chi connectivity index (χ0v) is 22.8. The molecule has 0 radical (unpaired) electrons. The molecule has 1 aliphatic heterocycles. The number of hydrogen-bond acceptors (Lipinski definition) is 6. The third-order valence-corrected chi connectivity index (χ3v) is 8.27. The number of aliphatic hydroxyl groups excluding tert-OH is 2. The average Bonchev–Trinajstić information content (AvgIpc) is 3.44. The lowest BCUT2D eigenvalue weighted by Crippen LogP contribution is -2.58. The van der Waals surface area contributed by atoms with E-state index in [9.17, 15) is 19.8 Å². The molecule has 0 spiro atoms. The second-order valence-electron chi connectivity index (χ2n) is 9.94. The minimum Gasteiger partial charge on any atom is -0.482 e. The monoisotopic (exact) mass is 612 g/mol. The summed E-state index contributed by atoms with van der Waals surface area (Å²) < 4.78 is 12.9. The zero-order chi connectivity index (χ0) is 25.5. The summed E-state index contributed by atoms with van der Waals surface area (Å²) in [6, 6.07) is 6.89. The van der Waals surface area contributed by atoms with Crippen molar-refractivity contribution in [3.8, 4) is 5.75 Å². The van der Waals surface area contributed by atoms with Crippen LogP contribution < -0.4 is 10.1 Å². The smallest absolute Gasteiger partial charge is 0.252 e. The Labute approximate surface area is 226 Å². The molecule has 1 aromatic rings. The number of hydrogen-bond donors (Lipinski definition) is 3. The number of aliphatic hydroxyl groups is 2. The molecular formula is C27H37IN2O6. The van der Waals surface area contributed by atoms with E-state index in [-0.39, 0.29) is 31.4 Å². The fourth-order valence-electron chi connectivity index (χ4n) is 5.46. The first-order valence-corrected chi connectivity index (χ1v) is 14.2. The van der Waals surface area contributed by atoms with Gasteiger partial charge < -0.3 is 29.9 Å². The molecule has 1 heterocycles. The second-order valence-corrected chi connectivity index (χ2v) is 11.1. The van der Waals surface area contributed by atoms with Crippen LogP contribution in [-0.4, -0.2) is 77.6 Å². The van der Waals surface area contributed by atoms with Crippen molar-refractivity contribution < 1.29 is 29.3 Å². The van der Waals surface area contributed by atoms with Gasteiger partial charge in [0, 0.05) is 31.7 Å². The van der Waals surface area contributed by atoms with Crippen LogP contribution in [0.1, 0.15) is 51.4 Å². The number of amides is 2. The van der Waals surface area contributed by atoms with Crippen molar-refractivity contribution in [1.82, 2.24) is 10.2 Å². The van der Waals surface area contributed by atoms with Crippen molar-refractivity contribution >= 4 is 34.4 Å². The number of ether oxygens (including phenoxy) is 2. The van der Waals surface area contributed by atoms with Crippen LogP contribution >= 0.6 is 22.6 Å². The summed E-state index contributed by atoms with van der Waals surface area (Å²) in [5.41, 5.74) is 0.448. The van der Waals surface area contributed by atoms with Crippen molar-refractivity contribution in [2.24, 2.45) is 5.92 Å². The fourth-order valence-corrected chi connectivity index (χ4v) is 5.98. The highest BCUT2D eigenvalue weighted by Crippen LogP contribution is 2.33. The van der Waals surface area contributed by atoms with E-state index in [0.29, 0.717) is 36.8 Å². The van der Waals surface area contributed by atoms with Crippen LogP contribution in [-0.2, 0) is 14.3 Å². The van der Waals surface area contributed by atoms with E-state index in [1.54, 1.807) is 11.0 Å². The van der Waals surface area contributed by atoms with Crippen molar-refractivity contribution in [2.45, 2.75) is 75.7 Å². The lowest BCUT2D eigenvalue weighted by Gasteiger charge is -2.43. The number of nitrogens with one attached hydrogen (secondary N) is 1. The van der Waals surface area contributed by atoms with Gasteiger partial charge in [-0.2, -0.15) is 0 Å². The van der Waals surface area contributed by atoms with E-state index in [1.807, 2.05) is 24.3 Å². The maximum Gasteiger partial charge on any atom is 0.252 e. The lowest BCUT2D eigenvalue weighted by molar-refractivity contribution is -0.149. The summed E-state index contributed by atoms with van der Waals surface area (Å²) in [4.78, 5) is 28.5. The minimum atomic E-state index is -1.01. The number of benzene rings is 1. The summed E-state index contributed by atoms with van der Waals surface area (Å²) in [5.74, 6) is 0.549. The summed E-state index contributed by atoms with van der Waals surface area (Å²) in [5, 5.41) is 23.5. The molecule has 9 heteroatoms. The first kappa shape index (κ1) is 27.3. The van der Waals surface area contributed by atoms with Gasteiger partial charge in [-0.1, -0.05) is 31.4 Å². The first-order chi connectivity index (χ1) is 17.5. The average molecular weight is 613 g/mol. The Balaban J connectivity index is 1.63. The predicted molar refractivity (Wildman–Crippen MR) is 143 cm³/mol. The molecule has 1 saturated heterocycles. The Morgan fingerprint density at radius 3 is 2.61 bits per heavy atom. The Bertz CT molecular complexity index is 929. The minimum absolute atomic E-state index is 0.104. The molecule has 4 atom stereocenters. The largest absolute Gasteiger partial charge is 0.482 e. The van der Waals surface area contributed by atoms with Gasteiger partial charge in [0.2, 0.25) is 5.91 Å². The highest BCUT2D eigenvalue weighted by molar-refractivity contribution is 14.1. The number of halogens is 1.